The average Bonchev–Trinajstić information content (AvgIpc) is 2.33. The third kappa shape index (κ3) is 3.31. The van der Waals surface area contributed by atoms with Crippen molar-refractivity contribution in [2.45, 2.75) is 26.8 Å². The number of nitrogens with one attached hydrogen (secondary N) is 1. The van der Waals surface area contributed by atoms with Crippen molar-refractivity contribution in [2.24, 2.45) is 11.8 Å². The first-order chi connectivity index (χ1) is 8.42. The summed E-state index contributed by atoms with van der Waals surface area (Å²) in [5.74, 6) is 1.62. The molecule has 0 aliphatic heterocycles. The van der Waals surface area contributed by atoms with Gasteiger partial charge in [0.25, 0.3) is 0 Å². The van der Waals surface area contributed by atoms with E-state index in [-0.39, 0.29) is 6.04 Å². The number of benzene rings is 1. The van der Waals surface area contributed by atoms with Crippen LogP contribution in [0.5, 0.6) is 5.75 Å². The number of halogens is 2. The van der Waals surface area contributed by atoms with E-state index in [2.05, 4.69) is 26.1 Å². The molecule has 0 spiro atoms. The van der Waals surface area contributed by atoms with E-state index in [1.54, 1.807) is 13.2 Å². The van der Waals surface area contributed by atoms with E-state index in [9.17, 15) is 0 Å². The van der Waals surface area contributed by atoms with E-state index in [1.165, 1.54) is 0 Å². The molecule has 0 fully saturated rings. The summed E-state index contributed by atoms with van der Waals surface area (Å²) in [4.78, 5) is 0. The van der Waals surface area contributed by atoms with Gasteiger partial charge in [-0.05, 0) is 30.5 Å². The fraction of sp³-hybridized carbons (Fsp3) is 0.571. The quantitative estimate of drug-likeness (QED) is 0.858. The minimum absolute atomic E-state index is 0.181. The molecule has 0 saturated carbocycles. The highest BCUT2D eigenvalue weighted by Crippen LogP contribution is 2.37. The Hall–Kier alpha value is -0.440. The summed E-state index contributed by atoms with van der Waals surface area (Å²) in [6.45, 7) is 6.61. The lowest BCUT2D eigenvalue weighted by atomic mass is 9.86. The Kier molecular flexibility index (Phi) is 5.77. The summed E-state index contributed by atoms with van der Waals surface area (Å²) in [5, 5.41) is 4.60. The largest absolute Gasteiger partial charge is 0.495 e. The molecule has 0 saturated heterocycles. The number of hydrogen-bond donors (Lipinski definition) is 1. The first-order valence-corrected chi connectivity index (χ1v) is 6.88. The van der Waals surface area contributed by atoms with Gasteiger partial charge in [-0.2, -0.15) is 0 Å². The predicted molar refractivity (Wildman–Crippen MR) is 78.8 cm³/mol. The highest BCUT2D eigenvalue weighted by atomic mass is 35.5. The van der Waals surface area contributed by atoms with Gasteiger partial charge in [0.15, 0.2) is 0 Å². The minimum atomic E-state index is 0.181. The van der Waals surface area contributed by atoms with Crippen molar-refractivity contribution in [2.75, 3.05) is 14.2 Å². The highest BCUT2D eigenvalue weighted by Gasteiger charge is 2.23. The molecule has 1 rings (SSSR count). The van der Waals surface area contributed by atoms with Crippen LogP contribution in [0.15, 0.2) is 12.1 Å². The zero-order chi connectivity index (χ0) is 13.9. The number of hydrogen-bond acceptors (Lipinski definition) is 2. The molecule has 0 amide bonds. The van der Waals surface area contributed by atoms with E-state index in [4.69, 9.17) is 27.9 Å². The van der Waals surface area contributed by atoms with Crippen molar-refractivity contribution in [1.82, 2.24) is 5.32 Å². The van der Waals surface area contributed by atoms with Crippen LogP contribution in [-0.4, -0.2) is 14.2 Å². The van der Waals surface area contributed by atoms with E-state index in [1.807, 2.05) is 13.1 Å². The molecule has 0 aliphatic rings. The standard InChI is InChI=1S/C14H21Cl2NO/c1-8(2)9(3)14(17-4)10-6-12(16)13(18-5)7-11(10)15/h6-9,14,17H,1-5H3. The van der Waals surface area contributed by atoms with Gasteiger partial charge in [0.2, 0.25) is 0 Å². The molecule has 4 heteroatoms. The topological polar surface area (TPSA) is 21.3 Å². The predicted octanol–water partition coefficient (Wildman–Crippen LogP) is 4.55. The summed E-state index contributed by atoms with van der Waals surface area (Å²) < 4.78 is 5.17. The van der Waals surface area contributed by atoms with Crippen molar-refractivity contribution in [3.8, 4) is 5.75 Å². The van der Waals surface area contributed by atoms with E-state index in [0.717, 1.165) is 5.56 Å². The Morgan fingerprint density at radius 1 is 1.11 bits per heavy atom. The molecule has 1 aromatic rings. The molecular formula is C14H21Cl2NO. The van der Waals surface area contributed by atoms with Crippen molar-refractivity contribution in [3.05, 3.63) is 27.7 Å². The van der Waals surface area contributed by atoms with Crippen LogP contribution in [0.3, 0.4) is 0 Å². The lowest BCUT2D eigenvalue weighted by Crippen LogP contribution is -2.27. The monoisotopic (exact) mass is 289 g/mol. The second kappa shape index (κ2) is 6.65. The minimum Gasteiger partial charge on any atom is -0.495 e. The molecule has 2 nitrogen and oxygen atoms in total. The maximum atomic E-state index is 6.32. The zero-order valence-corrected chi connectivity index (χ0v) is 13.1. The second-order valence-corrected chi connectivity index (χ2v) is 5.69. The van der Waals surface area contributed by atoms with Crippen molar-refractivity contribution in [3.63, 3.8) is 0 Å². The molecule has 0 radical (unpaired) electrons. The summed E-state index contributed by atoms with van der Waals surface area (Å²) in [6, 6.07) is 3.85. The van der Waals surface area contributed by atoms with Gasteiger partial charge in [-0.25, -0.2) is 0 Å². The van der Waals surface area contributed by atoms with Gasteiger partial charge in [0.1, 0.15) is 5.75 Å². The highest BCUT2D eigenvalue weighted by molar-refractivity contribution is 6.34. The van der Waals surface area contributed by atoms with Crippen molar-refractivity contribution in [1.29, 1.82) is 0 Å². The first kappa shape index (κ1) is 15.6. The normalized spacial score (nSPS) is 14.7. The maximum absolute atomic E-state index is 6.32. The van der Waals surface area contributed by atoms with E-state index in [0.29, 0.717) is 27.6 Å². The van der Waals surface area contributed by atoms with Gasteiger partial charge in [-0.1, -0.05) is 44.0 Å². The Balaban J connectivity index is 3.18. The van der Waals surface area contributed by atoms with Crippen LogP contribution in [0.1, 0.15) is 32.4 Å². The number of ether oxygens (including phenoxy) is 1. The summed E-state index contributed by atoms with van der Waals surface area (Å²) in [6.07, 6.45) is 0. The molecule has 0 heterocycles. The molecule has 1 aromatic carbocycles. The second-order valence-electron chi connectivity index (χ2n) is 4.88. The lowest BCUT2D eigenvalue weighted by Gasteiger charge is -2.28. The molecule has 2 unspecified atom stereocenters. The molecule has 0 aliphatic carbocycles. The third-order valence-corrected chi connectivity index (χ3v) is 4.12. The zero-order valence-electron chi connectivity index (χ0n) is 11.6. The molecule has 102 valence electrons. The van der Waals surface area contributed by atoms with Crippen LogP contribution in [0, 0.1) is 11.8 Å². The smallest absolute Gasteiger partial charge is 0.138 e. The van der Waals surface area contributed by atoms with Crippen LogP contribution in [0.25, 0.3) is 0 Å². The Labute approximate surface area is 120 Å². The van der Waals surface area contributed by atoms with E-state index < -0.39 is 0 Å². The van der Waals surface area contributed by atoms with Crippen molar-refractivity contribution < 1.29 is 4.74 Å². The van der Waals surface area contributed by atoms with Gasteiger partial charge in [0.05, 0.1) is 12.1 Å². The SMILES string of the molecule is CNC(c1cc(Cl)c(OC)cc1Cl)C(C)C(C)C. The number of methoxy groups -OCH3 is 1. The molecule has 0 bridgehead atoms. The Morgan fingerprint density at radius 3 is 2.17 bits per heavy atom. The van der Waals surface area contributed by atoms with Gasteiger partial charge >= 0.3 is 0 Å². The molecule has 2 atom stereocenters. The summed E-state index contributed by atoms with van der Waals surface area (Å²) >= 11 is 12.5. The summed E-state index contributed by atoms with van der Waals surface area (Å²) in [7, 11) is 3.53. The average molecular weight is 290 g/mol. The molecule has 0 aromatic heterocycles. The van der Waals surface area contributed by atoms with Crippen LogP contribution in [0.2, 0.25) is 10.0 Å². The first-order valence-electron chi connectivity index (χ1n) is 6.12. The van der Waals surface area contributed by atoms with Crippen LogP contribution >= 0.6 is 23.2 Å². The fourth-order valence-corrected chi connectivity index (χ4v) is 2.55. The molecule has 18 heavy (non-hydrogen) atoms. The van der Waals surface area contributed by atoms with E-state index >= 15 is 0 Å². The maximum Gasteiger partial charge on any atom is 0.138 e. The van der Waals surface area contributed by atoms with Gasteiger partial charge < -0.3 is 10.1 Å². The third-order valence-electron chi connectivity index (χ3n) is 3.49. The van der Waals surface area contributed by atoms with Gasteiger partial charge in [-0.15, -0.1) is 0 Å². The van der Waals surface area contributed by atoms with Crippen LogP contribution in [-0.2, 0) is 0 Å². The fourth-order valence-electron chi connectivity index (χ4n) is 2.03. The summed E-state index contributed by atoms with van der Waals surface area (Å²) in [5.41, 5.74) is 1.02. The van der Waals surface area contributed by atoms with Crippen LogP contribution < -0.4 is 10.1 Å². The molecule has 1 N–H and O–H groups in total. The Bertz CT molecular complexity index is 407. The van der Waals surface area contributed by atoms with Crippen molar-refractivity contribution >= 4 is 23.2 Å². The van der Waals surface area contributed by atoms with Gasteiger partial charge in [0, 0.05) is 17.1 Å². The lowest BCUT2D eigenvalue weighted by molar-refractivity contribution is 0.317. The Morgan fingerprint density at radius 2 is 1.72 bits per heavy atom. The molecular weight excluding hydrogens is 269 g/mol. The number of rotatable bonds is 5. The van der Waals surface area contributed by atoms with Gasteiger partial charge in [-0.3, -0.25) is 0 Å². The van der Waals surface area contributed by atoms with Crippen LogP contribution in [0.4, 0.5) is 0 Å².